The number of ether oxygens (including phenoxy) is 2. The Kier molecular flexibility index (Phi) is 5.85. The molecule has 2 aromatic rings. The molecular formula is C17H22ClN3O3. The van der Waals surface area contributed by atoms with Crippen LogP contribution in [-0.2, 0) is 4.74 Å². The van der Waals surface area contributed by atoms with E-state index in [1.165, 1.54) is 10.8 Å². The van der Waals surface area contributed by atoms with E-state index in [4.69, 9.17) is 21.1 Å². The molecule has 0 saturated carbocycles. The summed E-state index contributed by atoms with van der Waals surface area (Å²) in [6, 6.07) is 3.68. The van der Waals surface area contributed by atoms with E-state index in [-0.39, 0.29) is 22.6 Å². The van der Waals surface area contributed by atoms with Crippen LogP contribution in [0.1, 0.15) is 24.1 Å². The predicted octanol–water partition coefficient (Wildman–Crippen LogP) is 3.47. The molecule has 130 valence electrons. The fraction of sp³-hybridized carbons (Fsp3) is 0.412. The molecule has 0 spiro atoms. The van der Waals surface area contributed by atoms with E-state index in [1.54, 1.807) is 14.2 Å². The second-order valence-corrected chi connectivity index (χ2v) is 6.08. The molecule has 6 nitrogen and oxygen atoms in total. The molecule has 0 amide bonds. The molecule has 24 heavy (non-hydrogen) atoms. The minimum atomic E-state index is -0.253. The van der Waals surface area contributed by atoms with Crippen molar-refractivity contribution in [3.8, 4) is 5.75 Å². The highest BCUT2D eigenvalue weighted by molar-refractivity contribution is 6.29. The average Bonchev–Trinajstić information content (AvgIpc) is 2.53. The van der Waals surface area contributed by atoms with Crippen LogP contribution in [0.25, 0.3) is 0 Å². The van der Waals surface area contributed by atoms with Gasteiger partial charge in [-0.05, 0) is 44.0 Å². The van der Waals surface area contributed by atoms with Gasteiger partial charge in [0.2, 0.25) is 0 Å². The highest BCUT2D eigenvalue weighted by Crippen LogP contribution is 2.27. The Morgan fingerprint density at radius 3 is 2.62 bits per heavy atom. The Hall–Kier alpha value is -2.05. The molecule has 0 bridgehead atoms. The van der Waals surface area contributed by atoms with Crippen molar-refractivity contribution in [1.29, 1.82) is 0 Å². The van der Waals surface area contributed by atoms with Crippen LogP contribution < -0.4 is 15.6 Å². The highest BCUT2D eigenvalue weighted by atomic mass is 35.5. The first-order valence-corrected chi connectivity index (χ1v) is 7.95. The number of hydrogen-bond acceptors (Lipinski definition) is 5. The van der Waals surface area contributed by atoms with Crippen molar-refractivity contribution in [2.24, 2.45) is 0 Å². The first-order chi connectivity index (χ1) is 11.4. The quantitative estimate of drug-likeness (QED) is 0.863. The molecule has 1 N–H and O–H groups in total. The molecule has 0 aliphatic carbocycles. The van der Waals surface area contributed by atoms with Crippen molar-refractivity contribution in [2.45, 2.75) is 26.8 Å². The summed E-state index contributed by atoms with van der Waals surface area (Å²) in [5.74, 6) is 0.973. The lowest BCUT2D eigenvalue weighted by atomic mass is 10.1. The Labute approximate surface area is 146 Å². The molecule has 0 aliphatic heterocycles. The van der Waals surface area contributed by atoms with Gasteiger partial charge in [-0.15, -0.1) is 0 Å². The fourth-order valence-corrected chi connectivity index (χ4v) is 2.67. The van der Waals surface area contributed by atoms with Gasteiger partial charge < -0.3 is 19.4 Å². The number of rotatable bonds is 6. The fourth-order valence-electron chi connectivity index (χ4n) is 2.48. The van der Waals surface area contributed by atoms with Gasteiger partial charge in [0.15, 0.2) is 5.82 Å². The third-order valence-electron chi connectivity index (χ3n) is 3.78. The number of anilines is 2. The van der Waals surface area contributed by atoms with Crippen LogP contribution >= 0.6 is 11.6 Å². The summed E-state index contributed by atoms with van der Waals surface area (Å²) < 4.78 is 11.9. The Morgan fingerprint density at radius 1 is 1.29 bits per heavy atom. The van der Waals surface area contributed by atoms with Gasteiger partial charge in [-0.3, -0.25) is 4.79 Å². The van der Waals surface area contributed by atoms with Crippen molar-refractivity contribution in [3.05, 3.63) is 45.0 Å². The van der Waals surface area contributed by atoms with Gasteiger partial charge in [0.25, 0.3) is 5.56 Å². The lowest BCUT2D eigenvalue weighted by Gasteiger charge is -2.17. The summed E-state index contributed by atoms with van der Waals surface area (Å²) in [4.78, 5) is 16.8. The van der Waals surface area contributed by atoms with Crippen molar-refractivity contribution in [1.82, 2.24) is 9.55 Å². The zero-order valence-electron chi connectivity index (χ0n) is 14.5. The molecule has 0 unspecified atom stereocenters. The molecule has 0 radical (unpaired) electrons. The molecule has 7 heteroatoms. The first kappa shape index (κ1) is 18.3. The Morgan fingerprint density at radius 2 is 2.00 bits per heavy atom. The normalized spacial score (nSPS) is 12.1. The molecule has 1 aromatic heterocycles. The Balaban J connectivity index is 2.44. The standard InChI is InChI=1S/C17H22ClN3O3/c1-10-7-14(24-5)11(2)6-13(10)19-16-17(22)21(8-15(18)20-16)12(3)9-23-4/h6-8,12H,9H2,1-5H3,(H,19,20)/t12-/m0/s1. The lowest BCUT2D eigenvalue weighted by Crippen LogP contribution is -2.28. The summed E-state index contributed by atoms with van der Waals surface area (Å²) in [7, 11) is 3.22. The molecule has 0 saturated heterocycles. The third kappa shape index (κ3) is 3.88. The molecule has 1 aromatic carbocycles. The molecule has 0 fully saturated rings. The number of aryl methyl sites for hydroxylation is 2. The van der Waals surface area contributed by atoms with Gasteiger partial charge in [0.05, 0.1) is 19.8 Å². The van der Waals surface area contributed by atoms with E-state index in [1.807, 2.05) is 32.9 Å². The third-order valence-corrected chi connectivity index (χ3v) is 3.96. The topological polar surface area (TPSA) is 65.4 Å². The number of methoxy groups -OCH3 is 2. The molecule has 2 rings (SSSR count). The van der Waals surface area contributed by atoms with Crippen molar-refractivity contribution in [2.75, 3.05) is 26.1 Å². The summed E-state index contributed by atoms with van der Waals surface area (Å²) in [5, 5.41) is 3.32. The second kappa shape index (κ2) is 7.68. The molecule has 1 atom stereocenters. The van der Waals surface area contributed by atoms with Gasteiger partial charge in [-0.25, -0.2) is 4.98 Å². The maximum Gasteiger partial charge on any atom is 0.294 e. The van der Waals surface area contributed by atoms with Gasteiger partial charge in [-0.2, -0.15) is 0 Å². The van der Waals surface area contributed by atoms with Crippen LogP contribution in [0.4, 0.5) is 11.5 Å². The second-order valence-electron chi connectivity index (χ2n) is 5.69. The number of hydrogen-bond donors (Lipinski definition) is 1. The SMILES string of the molecule is COC[C@H](C)n1cc(Cl)nc(Nc2cc(C)c(OC)cc2C)c1=O. The minimum absolute atomic E-state index is 0.151. The van der Waals surface area contributed by atoms with Gasteiger partial charge in [0.1, 0.15) is 10.9 Å². The van der Waals surface area contributed by atoms with E-state index >= 15 is 0 Å². The molecular weight excluding hydrogens is 330 g/mol. The molecule has 1 heterocycles. The van der Waals surface area contributed by atoms with Crippen molar-refractivity contribution >= 4 is 23.1 Å². The maximum absolute atomic E-state index is 12.7. The highest BCUT2D eigenvalue weighted by Gasteiger charge is 2.14. The van der Waals surface area contributed by atoms with E-state index < -0.39 is 0 Å². The molecule has 0 aliphatic rings. The van der Waals surface area contributed by atoms with Gasteiger partial charge in [0, 0.05) is 19.0 Å². The summed E-state index contributed by atoms with van der Waals surface area (Å²) in [6.45, 7) is 6.16. The maximum atomic E-state index is 12.7. The summed E-state index contributed by atoms with van der Waals surface area (Å²) in [6.07, 6.45) is 1.52. The number of nitrogens with zero attached hydrogens (tertiary/aromatic N) is 2. The Bertz CT molecular complexity index is 789. The van der Waals surface area contributed by atoms with Crippen LogP contribution in [0.5, 0.6) is 5.75 Å². The van der Waals surface area contributed by atoms with Crippen LogP contribution in [0, 0.1) is 13.8 Å². The van der Waals surface area contributed by atoms with Gasteiger partial charge in [-0.1, -0.05) is 11.6 Å². The zero-order valence-corrected chi connectivity index (χ0v) is 15.3. The van der Waals surface area contributed by atoms with Crippen LogP contribution in [0.15, 0.2) is 23.1 Å². The zero-order chi connectivity index (χ0) is 17.9. The van der Waals surface area contributed by atoms with E-state index in [0.717, 1.165) is 22.6 Å². The van der Waals surface area contributed by atoms with Crippen molar-refractivity contribution < 1.29 is 9.47 Å². The number of aromatic nitrogens is 2. The monoisotopic (exact) mass is 351 g/mol. The van der Waals surface area contributed by atoms with E-state index in [2.05, 4.69) is 10.3 Å². The minimum Gasteiger partial charge on any atom is -0.496 e. The predicted molar refractivity (Wildman–Crippen MR) is 95.8 cm³/mol. The smallest absolute Gasteiger partial charge is 0.294 e. The number of benzene rings is 1. The van der Waals surface area contributed by atoms with Crippen LogP contribution in [-0.4, -0.2) is 30.4 Å². The largest absolute Gasteiger partial charge is 0.496 e. The lowest BCUT2D eigenvalue weighted by molar-refractivity contribution is 0.161. The van der Waals surface area contributed by atoms with Crippen LogP contribution in [0.2, 0.25) is 5.15 Å². The summed E-state index contributed by atoms with van der Waals surface area (Å²) >= 11 is 6.08. The number of nitrogens with one attached hydrogen (secondary N) is 1. The van der Waals surface area contributed by atoms with Gasteiger partial charge >= 0.3 is 0 Å². The summed E-state index contributed by atoms with van der Waals surface area (Å²) in [5.41, 5.74) is 2.43. The average molecular weight is 352 g/mol. The van der Waals surface area contributed by atoms with Crippen molar-refractivity contribution in [3.63, 3.8) is 0 Å². The van der Waals surface area contributed by atoms with E-state index in [9.17, 15) is 4.79 Å². The van der Waals surface area contributed by atoms with Crippen LogP contribution in [0.3, 0.4) is 0 Å². The number of halogens is 1. The first-order valence-electron chi connectivity index (χ1n) is 7.57. The van der Waals surface area contributed by atoms with E-state index in [0.29, 0.717) is 6.61 Å².